The Morgan fingerprint density at radius 1 is 0.842 bits per heavy atom. The summed E-state index contributed by atoms with van der Waals surface area (Å²) in [5.74, 6) is 0. The molecule has 0 aromatic heterocycles. The lowest BCUT2D eigenvalue weighted by molar-refractivity contribution is 0.471. The van der Waals surface area contributed by atoms with Gasteiger partial charge in [0.25, 0.3) is 10.1 Å². The van der Waals surface area contributed by atoms with Crippen molar-refractivity contribution < 1.29 is 13.0 Å². The highest BCUT2D eigenvalue weighted by molar-refractivity contribution is 7.86. The van der Waals surface area contributed by atoms with Gasteiger partial charge in [0.2, 0.25) is 0 Å². The van der Waals surface area contributed by atoms with Crippen molar-refractivity contribution in [2.75, 3.05) is 17.2 Å². The molecule has 7 nitrogen and oxygen atoms in total. The minimum Gasteiger partial charge on any atom is -0.398 e. The van der Waals surface area contributed by atoms with Crippen LogP contribution in [0.15, 0.2) is 97.1 Å². The first-order valence-corrected chi connectivity index (χ1v) is 13.6. The first kappa shape index (κ1) is 27.1. The Bertz CT molecular complexity index is 1710. The van der Waals surface area contributed by atoms with Gasteiger partial charge >= 0.3 is 0 Å². The lowest BCUT2D eigenvalue weighted by Crippen LogP contribution is -2.25. The van der Waals surface area contributed by atoms with Crippen LogP contribution in [0, 0.1) is 0 Å². The van der Waals surface area contributed by atoms with E-state index < -0.39 is 15.4 Å². The fraction of sp³-hybridized carbons (Fsp3) is 0.133. The first-order valence-electron chi connectivity index (χ1n) is 12.1. The Morgan fingerprint density at radius 2 is 1.45 bits per heavy atom. The summed E-state index contributed by atoms with van der Waals surface area (Å²) >= 11 is 0. The van der Waals surface area contributed by atoms with E-state index in [1.807, 2.05) is 6.07 Å². The molecule has 0 amide bonds. The average Bonchev–Trinajstić information content (AvgIpc) is 3.17. The number of nitrogen functional groups attached to an aromatic ring is 1. The average molecular weight is 529 g/mol. The molecular weight excluding hydrogens is 496 g/mol. The third-order valence-electron chi connectivity index (χ3n) is 6.82. The summed E-state index contributed by atoms with van der Waals surface area (Å²) in [7, 11) is -3.88. The standard InChI is InChI=1S/C27H20N2.C3H9NO3S.H3N/c28-24-15-14-18-8-4-6-12-22(18)26(24)25-20-16-19-9-5-7-13-23(19)27(25)29(17-20)21-10-2-1-3-11-21;1-3(2-4)8(5,6)7;/h1-16H,17,28H2;3H,2,4H2,1H3,(H,5,6,7);1H3. The largest absolute Gasteiger partial charge is 0.398 e. The molecule has 0 saturated heterocycles. The minimum atomic E-state index is -3.88. The molecule has 0 spiro atoms. The summed E-state index contributed by atoms with van der Waals surface area (Å²) in [6, 6.07) is 34.3. The molecule has 0 aliphatic carbocycles. The monoisotopic (exact) mass is 528 g/mol. The maximum absolute atomic E-state index is 10.0. The molecule has 1 heterocycles. The summed E-state index contributed by atoms with van der Waals surface area (Å²) in [5, 5.41) is 4.12. The van der Waals surface area contributed by atoms with E-state index in [1.54, 1.807) is 0 Å². The van der Waals surface area contributed by atoms with Crippen molar-refractivity contribution in [3.05, 3.63) is 103 Å². The molecule has 38 heavy (non-hydrogen) atoms. The predicted octanol–water partition coefficient (Wildman–Crippen LogP) is 6.28. The van der Waals surface area contributed by atoms with Crippen molar-refractivity contribution in [2.24, 2.45) is 5.73 Å². The third-order valence-corrected chi connectivity index (χ3v) is 8.03. The second-order valence-corrected chi connectivity index (χ2v) is 11.0. The molecule has 0 fully saturated rings. The highest BCUT2D eigenvalue weighted by Crippen LogP contribution is 2.51. The first-order chi connectivity index (χ1) is 17.8. The molecule has 196 valence electrons. The molecule has 8 heteroatoms. The molecule has 5 aromatic carbocycles. The van der Waals surface area contributed by atoms with Crippen LogP contribution in [-0.2, 0) is 16.7 Å². The number of anilines is 3. The number of hydrogen-bond donors (Lipinski definition) is 4. The second kappa shape index (κ2) is 10.8. The summed E-state index contributed by atoms with van der Waals surface area (Å²) in [5.41, 5.74) is 18.5. The van der Waals surface area contributed by atoms with Gasteiger partial charge in [-0.15, -0.1) is 0 Å². The molecule has 8 N–H and O–H groups in total. The van der Waals surface area contributed by atoms with Crippen LogP contribution in [0.5, 0.6) is 0 Å². The van der Waals surface area contributed by atoms with E-state index in [9.17, 15) is 8.42 Å². The molecule has 1 aliphatic rings. The molecule has 1 atom stereocenters. The van der Waals surface area contributed by atoms with Crippen molar-refractivity contribution in [3.63, 3.8) is 0 Å². The van der Waals surface area contributed by atoms with E-state index in [0.29, 0.717) is 0 Å². The smallest absolute Gasteiger partial charge is 0.268 e. The Labute approximate surface area is 223 Å². The van der Waals surface area contributed by atoms with Gasteiger partial charge in [0.05, 0.1) is 10.9 Å². The number of nitrogens with zero attached hydrogens (tertiary/aromatic N) is 1. The molecule has 5 aromatic rings. The van der Waals surface area contributed by atoms with E-state index in [4.69, 9.17) is 16.0 Å². The summed E-state index contributed by atoms with van der Waals surface area (Å²) in [6.07, 6.45) is 0. The molecule has 1 aliphatic heterocycles. The normalized spacial score (nSPS) is 13.1. The SMILES string of the molecule is CC(CN)S(=O)(=O)O.N.Nc1ccc2ccccc2c1-c1c2cc3ccccc3c1N(c1ccccc1)C2. The quantitative estimate of drug-likeness (QED) is 0.159. The van der Waals surface area contributed by atoms with E-state index in [0.717, 1.165) is 17.8 Å². The zero-order valence-electron chi connectivity index (χ0n) is 21.2. The minimum absolute atomic E-state index is 0. The summed E-state index contributed by atoms with van der Waals surface area (Å²) < 4.78 is 28.3. The number of fused-ring (bicyclic) bond motifs is 5. The van der Waals surface area contributed by atoms with E-state index in [1.165, 1.54) is 51.0 Å². The zero-order chi connectivity index (χ0) is 26.2. The van der Waals surface area contributed by atoms with Crippen LogP contribution < -0.4 is 22.5 Å². The Morgan fingerprint density at radius 3 is 2.08 bits per heavy atom. The lowest BCUT2D eigenvalue weighted by Gasteiger charge is -2.21. The van der Waals surface area contributed by atoms with Gasteiger partial charge in [-0.2, -0.15) is 8.42 Å². The van der Waals surface area contributed by atoms with Crippen LogP contribution in [0.25, 0.3) is 32.7 Å². The Hall–Kier alpha value is -3.95. The number of rotatable bonds is 4. The van der Waals surface area contributed by atoms with Crippen LogP contribution in [0.3, 0.4) is 0 Å². The summed E-state index contributed by atoms with van der Waals surface area (Å²) in [4.78, 5) is 2.42. The maximum atomic E-state index is 10.0. The van der Waals surface area contributed by atoms with Gasteiger partial charge in [-0.25, -0.2) is 0 Å². The lowest BCUT2D eigenvalue weighted by atomic mass is 9.91. The van der Waals surface area contributed by atoms with Crippen molar-refractivity contribution in [2.45, 2.75) is 18.7 Å². The van der Waals surface area contributed by atoms with Gasteiger partial charge in [-0.3, -0.25) is 4.55 Å². The Kier molecular flexibility index (Phi) is 7.71. The van der Waals surface area contributed by atoms with Crippen molar-refractivity contribution in [1.82, 2.24) is 6.15 Å². The fourth-order valence-electron chi connectivity index (χ4n) is 4.84. The van der Waals surface area contributed by atoms with Gasteiger partial charge in [0.15, 0.2) is 0 Å². The molecule has 0 radical (unpaired) electrons. The van der Waals surface area contributed by atoms with Crippen molar-refractivity contribution in [1.29, 1.82) is 0 Å². The van der Waals surface area contributed by atoms with Gasteiger partial charge < -0.3 is 22.5 Å². The third kappa shape index (κ3) is 4.94. The number of hydrogen-bond acceptors (Lipinski definition) is 6. The van der Waals surface area contributed by atoms with Crippen molar-refractivity contribution >= 4 is 48.7 Å². The fourth-order valence-corrected chi connectivity index (χ4v) is 5.08. The molecular formula is C30H32N4O3S. The maximum Gasteiger partial charge on any atom is 0.268 e. The molecule has 2 bridgehead atoms. The van der Waals surface area contributed by atoms with Crippen LogP contribution >= 0.6 is 0 Å². The van der Waals surface area contributed by atoms with E-state index in [-0.39, 0.29) is 12.7 Å². The van der Waals surface area contributed by atoms with Crippen LogP contribution in [0.2, 0.25) is 0 Å². The molecule has 6 rings (SSSR count). The topological polar surface area (TPSA) is 145 Å². The predicted molar refractivity (Wildman–Crippen MR) is 159 cm³/mol. The summed E-state index contributed by atoms with van der Waals surface area (Å²) in [6.45, 7) is 2.15. The number of para-hydroxylation sites is 1. The molecule has 0 saturated carbocycles. The number of nitrogens with two attached hydrogens (primary N) is 2. The highest BCUT2D eigenvalue weighted by Gasteiger charge is 2.30. The van der Waals surface area contributed by atoms with Gasteiger partial charge in [0, 0.05) is 41.0 Å². The van der Waals surface area contributed by atoms with Gasteiger partial charge in [-0.05, 0) is 52.9 Å². The van der Waals surface area contributed by atoms with E-state index >= 15 is 0 Å². The van der Waals surface area contributed by atoms with E-state index in [2.05, 4.69) is 95.9 Å². The van der Waals surface area contributed by atoms with Crippen LogP contribution in [0.4, 0.5) is 17.1 Å². The zero-order valence-corrected chi connectivity index (χ0v) is 22.0. The Balaban J connectivity index is 0.000000329. The van der Waals surface area contributed by atoms with Crippen molar-refractivity contribution in [3.8, 4) is 11.1 Å². The van der Waals surface area contributed by atoms with Gasteiger partial charge in [-0.1, -0.05) is 72.8 Å². The second-order valence-electron chi connectivity index (χ2n) is 9.21. The van der Waals surface area contributed by atoms with Crippen LogP contribution in [0.1, 0.15) is 12.5 Å². The molecule has 1 unspecified atom stereocenters. The number of benzene rings is 5. The van der Waals surface area contributed by atoms with Gasteiger partial charge in [0.1, 0.15) is 0 Å². The van der Waals surface area contributed by atoms with Crippen LogP contribution in [-0.4, -0.2) is 24.8 Å². The highest BCUT2D eigenvalue weighted by atomic mass is 32.2.